The van der Waals surface area contributed by atoms with Crippen molar-refractivity contribution in [1.82, 2.24) is 78.4 Å². The molecular formula is C122H116FN17O7S. The van der Waals surface area contributed by atoms with Gasteiger partial charge in [-0.05, 0) is 321 Å². The Labute approximate surface area is 860 Å². The minimum Gasteiger partial charge on any atom is -0.484 e. The maximum absolute atomic E-state index is 13.6. The second kappa shape index (κ2) is 47.7. The van der Waals surface area contributed by atoms with Crippen LogP contribution in [-0.4, -0.2) is 186 Å². The smallest absolute Gasteiger partial charge is 0.257 e. The molecule has 15 aromatic carbocycles. The first kappa shape index (κ1) is 99.8. The summed E-state index contributed by atoms with van der Waals surface area (Å²) in [5.74, 6) is -0.140. The summed E-state index contributed by atoms with van der Waals surface area (Å²) in [6.45, 7) is 11.7. The van der Waals surface area contributed by atoms with Gasteiger partial charge in [0, 0.05) is 85.0 Å². The molecule has 4 amide bonds. The Morgan fingerprint density at radius 3 is 0.872 bits per heavy atom. The number of halogens is 1. The Hall–Kier alpha value is -16.9. The lowest BCUT2D eigenvalue weighted by Gasteiger charge is -2.26. The number of amides is 4. The summed E-state index contributed by atoms with van der Waals surface area (Å²) in [7, 11) is -3.18. The first-order valence-corrected chi connectivity index (χ1v) is 52.3. The van der Waals surface area contributed by atoms with Gasteiger partial charge in [0.15, 0.2) is 16.4 Å². The zero-order valence-electron chi connectivity index (χ0n) is 82.5. The number of benzene rings is 15. The number of imidazole rings is 5. The number of sulfone groups is 1. The van der Waals surface area contributed by atoms with Crippen molar-refractivity contribution in [2.75, 3.05) is 91.4 Å². The fourth-order valence-electron chi connectivity index (χ4n) is 19.0. The Kier molecular flexibility index (Phi) is 32.2. The van der Waals surface area contributed by atoms with E-state index in [-0.39, 0.29) is 30.1 Å². The van der Waals surface area contributed by atoms with E-state index in [1.165, 1.54) is 76.2 Å². The van der Waals surface area contributed by atoms with Gasteiger partial charge in [-0.3, -0.25) is 42.0 Å². The molecular weight excluding hydrogens is 1870 g/mol. The first-order valence-electron chi connectivity index (χ1n) is 50.4. The number of aromatic nitrogens is 10. The van der Waals surface area contributed by atoms with Gasteiger partial charge in [-0.25, -0.2) is 37.7 Å². The highest BCUT2D eigenvalue weighted by molar-refractivity contribution is 7.90. The van der Waals surface area contributed by atoms with E-state index in [1.807, 2.05) is 265 Å². The number of para-hydroxylation sites is 4. The van der Waals surface area contributed by atoms with E-state index < -0.39 is 15.7 Å². The van der Waals surface area contributed by atoms with E-state index in [0.29, 0.717) is 47.0 Å². The molecule has 24 nitrogen and oxygen atoms in total. The molecule has 744 valence electrons. The van der Waals surface area contributed by atoms with Crippen LogP contribution in [0.25, 0.3) is 139 Å². The molecule has 8 heterocycles. The quantitative estimate of drug-likeness (QED) is 0.0392. The van der Waals surface area contributed by atoms with E-state index in [2.05, 4.69) is 154 Å². The molecule has 0 aliphatic carbocycles. The lowest BCUT2D eigenvalue weighted by Crippen LogP contribution is -2.39. The Bertz CT molecular complexity index is 8050. The van der Waals surface area contributed by atoms with Crippen LogP contribution in [0.4, 0.5) is 4.39 Å². The normalized spacial score (nSPS) is 13.4. The Morgan fingerprint density at radius 1 is 0.304 bits per heavy atom. The fraction of sp³-hybridized carbons (Fsp3) is 0.189. The van der Waals surface area contributed by atoms with Gasteiger partial charge in [-0.15, -0.1) is 0 Å². The number of rotatable bonds is 26. The fourth-order valence-corrected chi connectivity index (χ4v) is 19.7. The summed E-state index contributed by atoms with van der Waals surface area (Å²) in [6, 6.07) is 115. The number of nitrogens with two attached hydrogens (primary N) is 1. The number of fused-ring (bicyclic) bond motifs is 5. The van der Waals surface area contributed by atoms with E-state index in [0.717, 1.165) is 198 Å². The van der Waals surface area contributed by atoms with Crippen molar-refractivity contribution in [1.29, 1.82) is 0 Å². The van der Waals surface area contributed by atoms with Crippen LogP contribution in [-0.2, 0) is 14.6 Å². The molecule has 5 aromatic heterocycles. The predicted molar refractivity (Wildman–Crippen MR) is 588 cm³/mol. The maximum atomic E-state index is 13.6. The molecule has 0 unspecified atom stereocenters. The van der Waals surface area contributed by atoms with Crippen LogP contribution in [0.3, 0.4) is 0 Å². The highest BCUT2D eigenvalue weighted by Gasteiger charge is 2.20. The minimum atomic E-state index is -3.18. The topological polar surface area (TPSA) is 273 Å². The standard InChI is InChI=1S/C28H30N4O2.C27H27FN4O.C27H28N4O.C20H15N3O.C20H16N2O2S/c33-28(29-15-18-31-16-5-2-6-17-31)20-34-25-12-9-22(10-13-25)23-11-14-27-26(19-23)30-21-32(27)24-7-3-1-4-8-24;28-23-5-4-6-24(18-23)32-19-30-25-17-22(11-12-26(25)32)20-7-9-21(10-8-20)27(33)29-13-16-31-14-2-1-3-15-31;32-27(28-15-18-30-16-5-2-6-17-30)22-11-9-21(10-12-22)23-13-14-26-25(19-23)29-20-31(26)24-7-3-1-4-8-24;21-20(24)15-8-6-14(7-9-15)16-10-11-19-18(12-16)22-13-23(19)17-4-2-1-3-5-17;1-25(23,24)18-10-7-15(8-11-18)16-9-12-20-19(13-16)21-14-22(20)17-5-3-2-4-6-17/h1,3-4,7-14,19,21H,2,5-6,15-18,20H2,(H,29,33);4-12,17-19H,1-3,13-16H2,(H,29,33);1,3-4,7-14,19-20H,2,5-6,15-18H2,(H,28,32);1-13H,(H2,21,24);2-14H,1H3. The summed E-state index contributed by atoms with van der Waals surface area (Å²) in [5, 5.41) is 9.04. The monoisotopic (exact) mass is 1980 g/mol. The summed E-state index contributed by atoms with van der Waals surface area (Å²) >= 11 is 0. The lowest BCUT2D eigenvalue weighted by atomic mass is 10.0. The van der Waals surface area contributed by atoms with Crippen molar-refractivity contribution in [3.05, 3.63) is 412 Å². The third kappa shape index (κ3) is 25.2. The second-order valence-corrected chi connectivity index (χ2v) is 39.2. The highest BCUT2D eigenvalue weighted by Crippen LogP contribution is 2.34. The van der Waals surface area contributed by atoms with E-state index in [4.69, 9.17) is 10.5 Å². The molecule has 3 aliphatic heterocycles. The second-order valence-electron chi connectivity index (χ2n) is 37.2. The summed E-state index contributed by atoms with van der Waals surface area (Å²) in [6.07, 6.45) is 21.8. The predicted octanol–water partition coefficient (Wildman–Crippen LogP) is 22.5. The molecule has 0 spiro atoms. The van der Waals surface area contributed by atoms with Crippen LogP contribution < -0.4 is 26.4 Å². The zero-order chi connectivity index (χ0) is 102. The van der Waals surface area contributed by atoms with Gasteiger partial charge in [0.1, 0.15) is 43.2 Å². The van der Waals surface area contributed by atoms with Crippen molar-refractivity contribution in [3.63, 3.8) is 0 Å². The number of hydrogen-bond donors (Lipinski definition) is 4. The van der Waals surface area contributed by atoms with Crippen molar-refractivity contribution >= 4 is 88.6 Å². The van der Waals surface area contributed by atoms with E-state index >= 15 is 0 Å². The van der Waals surface area contributed by atoms with Crippen LogP contribution in [0.5, 0.6) is 5.75 Å². The zero-order valence-corrected chi connectivity index (χ0v) is 83.4. The number of nitrogens with zero attached hydrogens (tertiary/aromatic N) is 13. The number of ether oxygens (including phenoxy) is 1. The molecule has 0 atom stereocenters. The van der Waals surface area contributed by atoms with E-state index in [9.17, 15) is 32.0 Å². The van der Waals surface area contributed by atoms with Gasteiger partial charge in [-0.1, -0.05) is 189 Å². The molecule has 23 rings (SSSR count). The Morgan fingerprint density at radius 2 is 0.574 bits per heavy atom. The lowest BCUT2D eigenvalue weighted by molar-refractivity contribution is -0.123. The molecule has 0 saturated carbocycles. The third-order valence-corrected chi connectivity index (χ3v) is 28.2. The number of piperidine rings is 3. The van der Waals surface area contributed by atoms with Gasteiger partial charge < -0.3 is 41.1 Å². The molecule has 0 radical (unpaired) electrons. The third-order valence-electron chi connectivity index (χ3n) is 27.1. The van der Waals surface area contributed by atoms with Crippen molar-refractivity contribution in [2.24, 2.45) is 5.73 Å². The molecule has 0 bridgehead atoms. The SMILES string of the molecule is CS(=O)(=O)c1ccc(-c2ccc3c(c2)ncn3-c2ccccc2)cc1.NC(=O)c1ccc(-c2ccc3c(c2)ncn3-c2ccccc2)cc1.O=C(COc1ccc(-c2ccc3c(c2)ncn3-c2ccccc2)cc1)NCCN1CCCCC1.O=C(NCCN1CCCCC1)c1ccc(-c2ccc3c(c2)ncn3-c2cccc(F)c2)cc1.O=C(NCCN1CCCCC1)c1ccc(-c2ccc3c(c2)ncn3-c2ccccc2)cc1. The van der Waals surface area contributed by atoms with Crippen LogP contribution in [0.2, 0.25) is 0 Å². The average molecular weight is 1980 g/mol. The van der Waals surface area contributed by atoms with Gasteiger partial charge in [0.05, 0.1) is 65.7 Å². The van der Waals surface area contributed by atoms with Crippen LogP contribution in [0.15, 0.2) is 394 Å². The summed E-state index contributed by atoms with van der Waals surface area (Å²) in [5.41, 5.74) is 32.3. The molecule has 3 fully saturated rings. The minimum absolute atomic E-state index is 0.00869. The van der Waals surface area contributed by atoms with Crippen LogP contribution >= 0.6 is 0 Å². The number of likely N-dealkylation sites (tertiary alicyclic amines) is 3. The number of carbonyl (C=O) groups is 4. The molecule has 20 aromatic rings. The molecule has 3 saturated heterocycles. The van der Waals surface area contributed by atoms with Crippen molar-refractivity contribution in [2.45, 2.75) is 62.7 Å². The number of carbonyl (C=O) groups excluding carboxylic acids is 4. The number of nitrogens with one attached hydrogen (secondary N) is 3. The van der Waals surface area contributed by atoms with Gasteiger partial charge in [0.25, 0.3) is 17.7 Å². The number of hydrogen-bond acceptors (Lipinski definition) is 15. The summed E-state index contributed by atoms with van der Waals surface area (Å²) < 4.78 is 52.6. The maximum Gasteiger partial charge on any atom is 0.257 e. The van der Waals surface area contributed by atoms with Gasteiger partial charge in [0.2, 0.25) is 5.91 Å². The molecule has 26 heteroatoms. The first-order chi connectivity index (χ1) is 72.4. The molecule has 148 heavy (non-hydrogen) atoms. The van der Waals surface area contributed by atoms with Crippen molar-refractivity contribution < 1.29 is 36.7 Å². The van der Waals surface area contributed by atoms with E-state index in [1.54, 1.807) is 36.7 Å². The van der Waals surface area contributed by atoms with Crippen molar-refractivity contribution in [3.8, 4) is 89.8 Å². The van der Waals surface area contributed by atoms with Gasteiger partial charge >= 0.3 is 0 Å². The number of primary amides is 1. The van der Waals surface area contributed by atoms with Crippen LogP contribution in [0.1, 0.15) is 88.9 Å². The summed E-state index contributed by atoms with van der Waals surface area (Å²) in [4.78, 5) is 78.6. The molecule has 5 N–H and O–H groups in total. The van der Waals surface area contributed by atoms with Crippen LogP contribution in [0, 0.1) is 5.82 Å². The highest BCUT2D eigenvalue weighted by atomic mass is 32.2. The molecule has 3 aliphatic rings. The largest absolute Gasteiger partial charge is 0.484 e. The average Bonchev–Trinajstić information content (AvgIpc) is 1.65. The van der Waals surface area contributed by atoms with Gasteiger partial charge in [-0.2, -0.15) is 0 Å². The Balaban J connectivity index is 0.000000117.